The maximum absolute atomic E-state index is 11.4. The summed E-state index contributed by atoms with van der Waals surface area (Å²) in [5, 5.41) is 10.00. The number of hydrogen-bond acceptors (Lipinski definition) is 3. The van der Waals surface area contributed by atoms with Crippen molar-refractivity contribution in [3.8, 4) is 5.75 Å². The van der Waals surface area contributed by atoms with Gasteiger partial charge in [0.1, 0.15) is 5.75 Å². The fourth-order valence-corrected chi connectivity index (χ4v) is 2.51. The van der Waals surface area contributed by atoms with Gasteiger partial charge in [0.2, 0.25) is 0 Å². The Balaban J connectivity index is 2.65. The van der Waals surface area contributed by atoms with Crippen LogP contribution in [-0.2, 0) is 22.4 Å². The van der Waals surface area contributed by atoms with Gasteiger partial charge in [0.05, 0.1) is 7.11 Å². The van der Waals surface area contributed by atoms with Gasteiger partial charge in [-0.15, -0.1) is 0 Å². The van der Waals surface area contributed by atoms with Crippen LogP contribution in [0.4, 0.5) is 0 Å². The fourth-order valence-electron chi connectivity index (χ4n) is 2.51. The van der Waals surface area contributed by atoms with Crippen molar-refractivity contribution in [2.24, 2.45) is 5.92 Å². The molecule has 1 aromatic rings. The summed E-state index contributed by atoms with van der Waals surface area (Å²) < 4.78 is 4.67. The van der Waals surface area contributed by atoms with E-state index < -0.39 is 0 Å². The van der Waals surface area contributed by atoms with Crippen LogP contribution in [0.5, 0.6) is 5.75 Å². The highest BCUT2D eigenvalue weighted by Gasteiger charge is 2.10. The fraction of sp³-hybridized carbons (Fsp3) is 0.526. The molecule has 22 heavy (non-hydrogen) atoms. The van der Waals surface area contributed by atoms with Crippen molar-refractivity contribution < 1.29 is 14.6 Å². The molecule has 0 bridgehead atoms. The zero-order chi connectivity index (χ0) is 16.5. The van der Waals surface area contributed by atoms with Crippen LogP contribution in [0.1, 0.15) is 50.7 Å². The summed E-state index contributed by atoms with van der Waals surface area (Å²) in [6.45, 7) is 8.21. The number of hydrogen-bond donors (Lipinski definition) is 1. The average molecular weight is 304 g/mol. The van der Waals surface area contributed by atoms with E-state index in [2.05, 4.69) is 25.2 Å². The standard InChI is InChI=1S/C19H28O3/c1-5-6-7-14(2)8-10-17-13-16(9-11-18(17)20)12-15(3)19(21)22-4/h9,11,13-14,20H,3,5-8,10,12H2,1-2,4H3. The second-order valence-electron chi connectivity index (χ2n) is 6.02. The van der Waals surface area contributed by atoms with Crippen LogP contribution >= 0.6 is 0 Å². The van der Waals surface area contributed by atoms with Crippen molar-refractivity contribution in [3.05, 3.63) is 41.5 Å². The van der Waals surface area contributed by atoms with Crippen molar-refractivity contribution in [2.75, 3.05) is 7.11 Å². The number of carbonyl (C=O) groups excluding carboxylic acids is 1. The zero-order valence-corrected chi connectivity index (χ0v) is 14.0. The molecule has 3 heteroatoms. The second-order valence-corrected chi connectivity index (χ2v) is 6.02. The quantitative estimate of drug-likeness (QED) is 0.542. The molecule has 0 aromatic heterocycles. The molecule has 0 amide bonds. The highest BCUT2D eigenvalue weighted by atomic mass is 16.5. The molecule has 0 saturated carbocycles. The molecule has 0 saturated heterocycles. The van der Waals surface area contributed by atoms with E-state index in [0.29, 0.717) is 23.7 Å². The van der Waals surface area contributed by atoms with E-state index in [0.717, 1.165) is 24.0 Å². The molecule has 0 radical (unpaired) electrons. The minimum atomic E-state index is -0.386. The molecular weight excluding hydrogens is 276 g/mol. The molecule has 3 nitrogen and oxygen atoms in total. The van der Waals surface area contributed by atoms with Gasteiger partial charge in [-0.25, -0.2) is 4.79 Å². The van der Waals surface area contributed by atoms with Crippen LogP contribution < -0.4 is 0 Å². The first-order valence-corrected chi connectivity index (χ1v) is 8.04. The van der Waals surface area contributed by atoms with Crippen LogP contribution in [0.3, 0.4) is 0 Å². The summed E-state index contributed by atoms with van der Waals surface area (Å²) in [7, 11) is 1.35. The molecule has 0 aliphatic carbocycles. The largest absolute Gasteiger partial charge is 0.508 e. The number of ether oxygens (including phenoxy) is 1. The molecule has 0 aliphatic heterocycles. The molecule has 0 fully saturated rings. The lowest BCUT2D eigenvalue weighted by Crippen LogP contribution is -2.06. The molecule has 122 valence electrons. The Morgan fingerprint density at radius 2 is 2.09 bits per heavy atom. The lowest BCUT2D eigenvalue weighted by atomic mass is 9.94. The summed E-state index contributed by atoms with van der Waals surface area (Å²) in [5.41, 5.74) is 2.35. The van der Waals surface area contributed by atoms with Crippen LogP contribution in [-0.4, -0.2) is 18.2 Å². The number of phenols is 1. The SMILES string of the molecule is C=C(Cc1ccc(O)c(CCC(C)CCCC)c1)C(=O)OC. The van der Waals surface area contributed by atoms with E-state index in [-0.39, 0.29) is 5.97 Å². The molecule has 1 aromatic carbocycles. The van der Waals surface area contributed by atoms with Crippen LogP contribution in [0.25, 0.3) is 0 Å². The van der Waals surface area contributed by atoms with E-state index in [1.54, 1.807) is 6.07 Å². The monoisotopic (exact) mass is 304 g/mol. The summed E-state index contributed by atoms with van der Waals surface area (Å²) >= 11 is 0. The maximum atomic E-state index is 11.4. The zero-order valence-electron chi connectivity index (χ0n) is 14.0. The number of aromatic hydroxyl groups is 1. The minimum absolute atomic E-state index is 0.329. The molecule has 1 N–H and O–H groups in total. The molecular formula is C19H28O3. The lowest BCUT2D eigenvalue weighted by Gasteiger charge is -2.12. The smallest absolute Gasteiger partial charge is 0.333 e. The van der Waals surface area contributed by atoms with Gasteiger partial charge in [-0.2, -0.15) is 0 Å². The van der Waals surface area contributed by atoms with Crippen LogP contribution in [0.15, 0.2) is 30.4 Å². The van der Waals surface area contributed by atoms with Gasteiger partial charge in [0.15, 0.2) is 0 Å². The Labute approximate surface area is 134 Å². The van der Waals surface area contributed by atoms with Gasteiger partial charge in [0.25, 0.3) is 0 Å². The van der Waals surface area contributed by atoms with Gasteiger partial charge < -0.3 is 9.84 Å². The molecule has 1 atom stereocenters. The summed E-state index contributed by atoms with van der Waals surface area (Å²) in [4.78, 5) is 11.4. The van der Waals surface area contributed by atoms with Gasteiger partial charge in [-0.3, -0.25) is 0 Å². The highest BCUT2D eigenvalue weighted by Crippen LogP contribution is 2.24. The molecule has 0 heterocycles. The van der Waals surface area contributed by atoms with Crippen molar-refractivity contribution in [1.82, 2.24) is 0 Å². The van der Waals surface area contributed by atoms with E-state index in [1.807, 2.05) is 12.1 Å². The highest BCUT2D eigenvalue weighted by molar-refractivity contribution is 5.88. The Hall–Kier alpha value is -1.77. The lowest BCUT2D eigenvalue weighted by molar-refractivity contribution is -0.136. The third-order valence-corrected chi connectivity index (χ3v) is 3.99. The van der Waals surface area contributed by atoms with Crippen LogP contribution in [0, 0.1) is 5.92 Å². The summed E-state index contributed by atoms with van der Waals surface area (Å²) in [6, 6.07) is 5.50. The van der Waals surface area contributed by atoms with E-state index in [4.69, 9.17) is 0 Å². The number of aryl methyl sites for hydroxylation is 1. The van der Waals surface area contributed by atoms with Crippen molar-refractivity contribution in [3.63, 3.8) is 0 Å². The predicted molar refractivity (Wildman–Crippen MR) is 90.0 cm³/mol. The molecule has 0 aliphatic rings. The van der Waals surface area contributed by atoms with Crippen molar-refractivity contribution in [1.29, 1.82) is 0 Å². The summed E-state index contributed by atoms with van der Waals surface area (Å²) in [5.74, 6) is 0.603. The topological polar surface area (TPSA) is 46.5 Å². The first kappa shape index (κ1) is 18.3. The first-order valence-electron chi connectivity index (χ1n) is 8.04. The summed E-state index contributed by atoms with van der Waals surface area (Å²) in [6.07, 6.45) is 6.08. The first-order chi connectivity index (χ1) is 10.5. The number of unbranched alkanes of at least 4 members (excludes halogenated alkanes) is 1. The number of phenolic OH excluding ortho intramolecular Hbond substituents is 1. The Kier molecular flexibility index (Phi) is 7.72. The Bertz CT molecular complexity index is 505. The molecule has 1 unspecified atom stereocenters. The minimum Gasteiger partial charge on any atom is -0.508 e. The van der Waals surface area contributed by atoms with E-state index in [9.17, 15) is 9.90 Å². The number of carbonyl (C=O) groups is 1. The second kappa shape index (κ2) is 9.29. The van der Waals surface area contributed by atoms with E-state index >= 15 is 0 Å². The Morgan fingerprint density at radius 1 is 1.36 bits per heavy atom. The van der Waals surface area contributed by atoms with Gasteiger partial charge in [0, 0.05) is 12.0 Å². The van der Waals surface area contributed by atoms with Crippen molar-refractivity contribution >= 4 is 5.97 Å². The average Bonchev–Trinajstić information content (AvgIpc) is 2.52. The number of methoxy groups -OCH3 is 1. The number of rotatable bonds is 9. The number of esters is 1. The third kappa shape index (κ3) is 5.92. The molecule has 0 spiro atoms. The van der Waals surface area contributed by atoms with Gasteiger partial charge in [-0.1, -0.05) is 51.8 Å². The normalized spacial score (nSPS) is 12.0. The van der Waals surface area contributed by atoms with Gasteiger partial charge in [-0.05, 0) is 36.0 Å². The number of benzene rings is 1. The predicted octanol–water partition coefficient (Wildman–Crippen LogP) is 4.42. The van der Waals surface area contributed by atoms with Gasteiger partial charge >= 0.3 is 5.97 Å². The maximum Gasteiger partial charge on any atom is 0.333 e. The van der Waals surface area contributed by atoms with E-state index in [1.165, 1.54) is 26.4 Å². The molecule has 1 rings (SSSR count). The van der Waals surface area contributed by atoms with Crippen LogP contribution in [0.2, 0.25) is 0 Å². The third-order valence-electron chi connectivity index (χ3n) is 3.99. The Morgan fingerprint density at radius 3 is 2.73 bits per heavy atom. The van der Waals surface area contributed by atoms with Crippen molar-refractivity contribution in [2.45, 2.75) is 52.4 Å².